The monoisotopic (exact) mass is 457 g/mol. The minimum Gasteiger partial charge on any atom is -0.422 e. The van der Waals surface area contributed by atoms with E-state index in [2.05, 4.69) is 0 Å². The maximum absolute atomic E-state index is 13.0. The molecule has 0 spiro atoms. The summed E-state index contributed by atoms with van der Waals surface area (Å²) in [5.74, 6) is 0.493. The smallest absolute Gasteiger partial charge is 0.415 e. The van der Waals surface area contributed by atoms with E-state index in [1.807, 2.05) is 58.0 Å². The number of likely N-dealkylation sites (tertiary alicyclic amines) is 1. The highest BCUT2D eigenvalue weighted by atomic mass is 16.6. The van der Waals surface area contributed by atoms with Crippen LogP contribution in [0.2, 0.25) is 0 Å². The summed E-state index contributed by atoms with van der Waals surface area (Å²) in [4.78, 5) is 27.6. The van der Waals surface area contributed by atoms with E-state index in [1.165, 1.54) is 0 Å². The number of amides is 1. The summed E-state index contributed by atoms with van der Waals surface area (Å²) in [7, 11) is 0. The fraction of sp³-hybridized carbons (Fsp3) is 0.310. The first-order chi connectivity index (χ1) is 16.4. The van der Waals surface area contributed by atoms with Gasteiger partial charge < -0.3 is 14.4 Å². The molecule has 5 nitrogen and oxygen atoms in total. The Morgan fingerprint density at radius 1 is 0.676 bits per heavy atom. The zero-order valence-corrected chi connectivity index (χ0v) is 20.3. The van der Waals surface area contributed by atoms with Crippen molar-refractivity contribution in [2.24, 2.45) is 0 Å². The molecule has 0 bridgehead atoms. The molecule has 1 fully saturated rings. The molecule has 34 heavy (non-hydrogen) atoms. The van der Waals surface area contributed by atoms with Crippen LogP contribution in [0.3, 0.4) is 0 Å². The van der Waals surface area contributed by atoms with Gasteiger partial charge in [0.25, 0.3) is 0 Å². The summed E-state index contributed by atoms with van der Waals surface area (Å²) in [6.07, 6.45) is 2.78. The van der Waals surface area contributed by atoms with E-state index in [-0.39, 0.29) is 6.09 Å². The van der Waals surface area contributed by atoms with Crippen LogP contribution in [0.15, 0.2) is 54.6 Å². The van der Waals surface area contributed by atoms with Crippen LogP contribution in [0.5, 0.6) is 11.5 Å². The highest BCUT2D eigenvalue weighted by Gasteiger charge is 2.25. The van der Waals surface area contributed by atoms with Gasteiger partial charge >= 0.3 is 12.1 Å². The van der Waals surface area contributed by atoms with Crippen molar-refractivity contribution in [3.05, 3.63) is 82.4 Å². The SMILES string of the molecule is Cc1ccc(OC(=O)c2ccccc2)c(-c2c(OC(=O)N3CCCCC3)ccc(C)c2C)c1C. The number of rotatable bonds is 4. The number of benzene rings is 3. The van der Waals surface area contributed by atoms with Crippen LogP contribution >= 0.6 is 0 Å². The first kappa shape index (κ1) is 23.6. The zero-order chi connectivity index (χ0) is 24.2. The third kappa shape index (κ3) is 4.84. The average molecular weight is 458 g/mol. The van der Waals surface area contributed by atoms with Gasteiger partial charge in [-0.2, -0.15) is 0 Å². The number of aryl methyl sites for hydroxylation is 2. The van der Waals surface area contributed by atoms with Crippen LogP contribution in [0.25, 0.3) is 11.1 Å². The topological polar surface area (TPSA) is 55.8 Å². The number of hydrogen-bond acceptors (Lipinski definition) is 4. The molecule has 4 rings (SSSR count). The number of ether oxygens (including phenoxy) is 2. The first-order valence-corrected chi connectivity index (χ1v) is 11.8. The lowest BCUT2D eigenvalue weighted by Crippen LogP contribution is -2.37. The number of carbonyl (C=O) groups is 2. The maximum atomic E-state index is 13.0. The fourth-order valence-electron chi connectivity index (χ4n) is 4.34. The maximum Gasteiger partial charge on any atom is 0.415 e. The second kappa shape index (κ2) is 10.1. The number of piperidine rings is 1. The van der Waals surface area contributed by atoms with Gasteiger partial charge in [-0.15, -0.1) is 0 Å². The molecular formula is C29H31NO4. The molecule has 0 aliphatic carbocycles. The Labute approximate surface area is 201 Å². The van der Waals surface area contributed by atoms with Crippen molar-refractivity contribution >= 4 is 12.1 Å². The van der Waals surface area contributed by atoms with Gasteiger partial charge in [0, 0.05) is 24.2 Å². The van der Waals surface area contributed by atoms with Crippen molar-refractivity contribution in [3.63, 3.8) is 0 Å². The lowest BCUT2D eigenvalue weighted by molar-refractivity contribution is 0.0735. The Hall–Kier alpha value is -3.60. The average Bonchev–Trinajstić information content (AvgIpc) is 2.86. The van der Waals surface area contributed by atoms with E-state index in [9.17, 15) is 9.59 Å². The van der Waals surface area contributed by atoms with Crippen LogP contribution in [-0.4, -0.2) is 30.1 Å². The van der Waals surface area contributed by atoms with Gasteiger partial charge in [0.2, 0.25) is 0 Å². The van der Waals surface area contributed by atoms with Crippen molar-refractivity contribution in [3.8, 4) is 22.6 Å². The molecule has 1 heterocycles. The Morgan fingerprint density at radius 3 is 1.76 bits per heavy atom. The fourth-order valence-corrected chi connectivity index (χ4v) is 4.34. The second-order valence-electron chi connectivity index (χ2n) is 8.93. The highest BCUT2D eigenvalue weighted by molar-refractivity contribution is 5.93. The van der Waals surface area contributed by atoms with E-state index in [4.69, 9.17) is 9.47 Å². The summed E-state index contributed by atoms with van der Waals surface area (Å²) in [5, 5.41) is 0. The summed E-state index contributed by atoms with van der Waals surface area (Å²) in [6, 6.07) is 16.5. The van der Waals surface area contributed by atoms with Crippen molar-refractivity contribution < 1.29 is 19.1 Å². The van der Waals surface area contributed by atoms with Crippen LogP contribution in [0.4, 0.5) is 4.79 Å². The molecular weight excluding hydrogens is 426 g/mol. The number of esters is 1. The minimum absolute atomic E-state index is 0.336. The molecule has 3 aromatic rings. The standard InChI is InChI=1S/C29H31NO4/c1-19-13-15-24(33-28(31)23-11-7-5-8-12-23)26(21(19)3)27-22(4)20(2)14-16-25(27)34-29(32)30-17-9-6-10-18-30/h5,7-8,11-16H,6,9-10,17-18H2,1-4H3. The van der Waals surface area contributed by atoms with E-state index < -0.39 is 5.97 Å². The summed E-state index contributed by atoms with van der Waals surface area (Å²) >= 11 is 0. The molecule has 0 aromatic heterocycles. The molecule has 0 radical (unpaired) electrons. The Morgan fingerprint density at radius 2 is 1.21 bits per heavy atom. The quantitative estimate of drug-likeness (QED) is 0.320. The molecule has 3 aromatic carbocycles. The predicted octanol–water partition coefficient (Wildman–Crippen LogP) is 6.79. The van der Waals surface area contributed by atoms with E-state index >= 15 is 0 Å². The normalized spacial score (nSPS) is 13.5. The molecule has 0 saturated carbocycles. The minimum atomic E-state index is -0.428. The molecule has 0 unspecified atom stereocenters. The van der Waals surface area contributed by atoms with Gasteiger partial charge in [-0.1, -0.05) is 30.3 Å². The van der Waals surface area contributed by atoms with Crippen LogP contribution in [0, 0.1) is 27.7 Å². The van der Waals surface area contributed by atoms with Gasteiger partial charge in [0.05, 0.1) is 5.56 Å². The van der Waals surface area contributed by atoms with Crippen LogP contribution < -0.4 is 9.47 Å². The van der Waals surface area contributed by atoms with Gasteiger partial charge in [-0.05, 0) is 93.5 Å². The van der Waals surface area contributed by atoms with E-state index in [0.717, 1.165) is 52.6 Å². The van der Waals surface area contributed by atoms with Crippen molar-refractivity contribution in [1.82, 2.24) is 4.90 Å². The summed E-state index contributed by atoms with van der Waals surface area (Å²) in [6.45, 7) is 9.48. The van der Waals surface area contributed by atoms with E-state index in [0.29, 0.717) is 30.2 Å². The molecule has 0 N–H and O–H groups in total. The van der Waals surface area contributed by atoms with Crippen LogP contribution in [0.1, 0.15) is 51.9 Å². The number of nitrogens with zero attached hydrogens (tertiary/aromatic N) is 1. The second-order valence-corrected chi connectivity index (χ2v) is 8.93. The lowest BCUT2D eigenvalue weighted by Gasteiger charge is -2.27. The molecule has 1 aliphatic rings. The van der Waals surface area contributed by atoms with E-state index in [1.54, 1.807) is 29.2 Å². The molecule has 176 valence electrons. The highest BCUT2D eigenvalue weighted by Crippen LogP contribution is 2.43. The Bertz CT molecular complexity index is 1210. The number of carbonyl (C=O) groups excluding carboxylic acids is 2. The molecule has 1 amide bonds. The van der Waals surface area contributed by atoms with Crippen molar-refractivity contribution in [2.45, 2.75) is 47.0 Å². The van der Waals surface area contributed by atoms with Crippen LogP contribution in [-0.2, 0) is 0 Å². The first-order valence-electron chi connectivity index (χ1n) is 11.8. The van der Waals surface area contributed by atoms with Gasteiger partial charge in [-0.25, -0.2) is 9.59 Å². The Kier molecular flexibility index (Phi) is 7.01. The zero-order valence-electron chi connectivity index (χ0n) is 20.3. The molecule has 5 heteroatoms. The summed E-state index contributed by atoms with van der Waals surface area (Å²) in [5.41, 5.74) is 6.11. The molecule has 0 atom stereocenters. The summed E-state index contributed by atoms with van der Waals surface area (Å²) < 4.78 is 11.9. The van der Waals surface area contributed by atoms with Gasteiger partial charge in [-0.3, -0.25) is 0 Å². The Balaban J connectivity index is 1.78. The van der Waals surface area contributed by atoms with Gasteiger partial charge in [0.1, 0.15) is 11.5 Å². The largest absolute Gasteiger partial charge is 0.422 e. The van der Waals surface area contributed by atoms with Crippen molar-refractivity contribution in [2.75, 3.05) is 13.1 Å². The lowest BCUT2D eigenvalue weighted by atomic mass is 9.90. The van der Waals surface area contributed by atoms with Crippen molar-refractivity contribution in [1.29, 1.82) is 0 Å². The molecule has 1 saturated heterocycles. The van der Waals surface area contributed by atoms with Gasteiger partial charge in [0.15, 0.2) is 0 Å². The molecule has 1 aliphatic heterocycles. The third-order valence-corrected chi connectivity index (χ3v) is 6.67. The predicted molar refractivity (Wildman–Crippen MR) is 134 cm³/mol. The number of hydrogen-bond donors (Lipinski definition) is 0. The third-order valence-electron chi connectivity index (χ3n) is 6.67.